The van der Waals surface area contributed by atoms with E-state index in [2.05, 4.69) is 19.2 Å². The number of ether oxygens (including phenoxy) is 1. The van der Waals surface area contributed by atoms with Gasteiger partial charge >= 0.3 is 6.09 Å². The Morgan fingerprint density at radius 3 is 2.27 bits per heavy atom. The molecule has 7 heteroatoms. The molecule has 2 rings (SSSR count). The van der Waals surface area contributed by atoms with Crippen molar-refractivity contribution in [3.05, 3.63) is 34.9 Å². The fourth-order valence-corrected chi connectivity index (χ4v) is 4.06. The third-order valence-electron chi connectivity index (χ3n) is 6.12. The molecule has 0 spiro atoms. The summed E-state index contributed by atoms with van der Waals surface area (Å²) in [6.07, 6.45) is 0.130. The van der Waals surface area contributed by atoms with Crippen molar-refractivity contribution < 1.29 is 14.3 Å². The molecule has 1 aromatic carbocycles. The van der Waals surface area contributed by atoms with Crippen molar-refractivity contribution >= 4 is 23.6 Å². The maximum absolute atomic E-state index is 13.2. The van der Waals surface area contributed by atoms with Gasteiger partial charge in [0.05, 0.1) is 5.92 Å². The van der Waals surface area contributed by atoms with Crippen LogP contribution in [0.5, 0.6) is 0 Å². The molecular formula is C23H36ClN3O3. The molecule has 0 bridgehead atoms. The second-order valence-electron chi connectivity index (χ2n) is 10.1. The SMILES string of the molecule is CC(NC(=O)OC(C)(C)C)C(C)C(=O)N1CCC(N)(c2ccc(Cl)cc2)C(C)(C)C1. The van der Waals surface area contributed by atoms with Crippen LogP contribution in [0.25, 0.3) is 0 Å². The predicted octanol–water partition coefficient (Wildman–Crippen LogP) is 4.30. The minimum atomic E-state index is -0.583. The van der Waals surface area contributed by atoms with Crippen LogP contribution in [0.1, 0.15) is 60.5 Å². The van der Waals surface area contributed by atoms with E-state index in [0.29, 0.717) is 24.5 Å². The van der Waals surface area contributed by atoms with Crippen LogP contribution < -0.4 is 11.1 Å². The average Bonchev–Trinajstić information content (AvgIpc) is 2.61. The summed E-state index contributed by atoms with van der Waals surface area (Å²) in [4.78, 5) is 27.1. The largest absolute Gasteiger partial charge is 0.444 e. The number of likely N-dealkylation sites (tertiary alicyclic amines) is 1. The van der Waals surface area contributed by atoms with E-state index in [9.17, 15) is 9.59 Å². The molecule has 2 amide bonds. The van der Waals surface area contributed by atoms with Crippen LogP contribution in [0.4, 0.5) is 4.79 Å². The summed E-state index contributed by atoms with van der Waals surface area (Å²) in [5, 5.41) is 3.45. The molecule has 1 aliphatic rings. The number of nitrogens with one attached hydrogen (secondary N) is 1. The Morgan fingerprint density at radius 1 is 1.20 bits per heavy atom. The molecule has 1 aliphatic heterocycles. The highest BCUT2D eigenvalue weighted by molar-refractivity contribution is 6.30. The Labute approximate surface area is 185 Å². The van der Waals surface area contributed by atoms with Gasteiger partial charge in [-0.25, -0.2) is 4.79 Å². The van der Waals surface area contributed by atoms with Crippen LogP contribution in [-0.4, -0.2) is 41.6 Å². The Bertz CT molecular complexity index is 773. The van der Waals surface area contributed by atoms with Crippen LogP contribution in [0.2, 0.25) is 5.02 Å². The zero-order valence-electron chi connectivity index (χ0n) is 19.2. The van der Waals surface area contributed by atoms with Crippen molar-refractivity contribution in [1.29, 1.82) is 0 Å². The number of hydrogen-bond donors (Lipinski definition) is 2. The van der Waals surface area contributed by atoms with Gasteiger partial charge in [0.15, 0.2) is 0 Å². The number of halogens is 1. The average molecular weight is 438 g/mol. The second kappa shape index (κ2) is 8.75. The lowest BCUT2D eigenvalue weighted by Crippen LogP contribution is -2.62. The molecule has 0 saturated carbocycles. The molecule has 0 aliphatic carbocycles. The first-order valence-corrected chi connectivity index (χ1v) is 10.9. The number of amides is 2. The fourth-order valence-electron chi connectivity index (χ4n) is 3.94. The maximum Gasteiger partial charge on any atom is 0.407 e. The Kier molecular flexibility index (Phi) is 7.14. The molecule has 1 saturated heterocycles. The molecule has 3 unspecified atom stereocenters. The van der Waals surface area contributed by atoms with Gasteiger partial charge in [0.1, 0.15) is 5.60 Å². The summed E-state index contributed by atoms with van der Waals surface area (Å²) >= 11 is 6.04. The number of carbonyl (C=O) groups is 2. The molecule has 1 fully saturated rings. The zero-order valence-corrected chi connectivity index (χ0v) is 20.0. The number of carbonyl (C=O) groups excluding carboxylic acids is 2. The molecule has 1 aromatic rings. The molecule has 0 radical (unpaired) electrons. The van der Waals surface area contributed by atoms with Crippen molar-refractivity contribution in [1.82, 2.24) is 10.2 Å². The normalized spacial score (nSPS) is 23.4. The van der Waals surface area contributed by atoms with Gasteiger partial charge in [-0.3, -0.25) is 4.79 Å². The molecule has 3 N–H and O–H groups in total. The van der Waals surface area contributed by atoms with Crippen molar-refractivity contribution in [2.45, 2.75) is 72.1 Å². The van der Waals surface area contributed by atoms with Gasteiger partial charge in [0.2, 0.25) is 5.91 Å². The van der Waals surface area contributed by atoms with Crippen LogP contribution in [0.3, 0.4) is 0 Å². The number of alkyl carbamates (subject to hydrolysis) is 1. The summed E-state index contributed by atoms with van der Waals surface area (Å²) < 4.78 is 5.30. The summed E-state index contributed by atoms with van der Waals surface area (Å²) in [7, 11) is 0. The van der Waals surface area contributed by atoms with Gasteiger partial charge in [-0.05, 0) is 51.8 Å². The van der Waals surface area contributed by atoms with E-state index in [1.165, 1.54) is 0 Å². The molecule has 0 aromatic heterocycles. The van der Waals surface area contributed by atoms with Crippen LogP contribution in [0.15, 0.2) is 24.3 Å². The lowest BCUT2D eigenvalue weighted by atomic mass is 9.64. The number of nitrogens with zero attached hydrogens (tertiary/aromatic N) is 1. The summed E-state index contributed by atoms with van der Waals surface area (Å²) in [6.45, 7) is 14.4. The second-order valence-corrected chi connectivity index (χ2v) is 10.5. The van der Waals surface area contributed by atoms with Crippen molar-refractivity contribution in [2.24, 2.45) is 17.1 Å². The van der Waals surface area contributed by atoms with Crippen LogP contribution in [-0.2, 0) is 15.1 Å². The van der Waals surface area contributed by atoms with Gasteiger partial charge in [0.25, 0.3) is 0 Å². The smallest absolute Gasteiger partial charge is 0.407 e. The summed E-state index contributed by atoms with van der Waals surface area (Å²) in [5.74, 6) is -0.376. The van der Waals surface area contributed by atoms with E-state index in [-0.39, 0.29) is 23.3 Å². The Hall–Kier alpha value is -1.79. The lowest BCUT2D eigenvalue weighted by molar-refractivity contribution is -0.141. The molecule has 168 valence electrons. The van der Waals surface area contributed by atoms with E-state index < -0.39 is 17.2 Å². The third kappa shape index (κ3) is 5.46. The number of rotatable bonds is 4. The molecule has 6 nitrogen and oxygen atoms in total. The highest BCUT2D eigenvalue weighted by atomic mass is 35.5. The van der Waals surface area contributed by atoms with Crippen LogP contribution >= 0.6 is 11.6 Å². The van der Waals surface area contributed by atoms with Gasteiger partial charge in [-0.1, -0.05) is 44.5 Å². The van der Waals surface area contributed by atoms with Crippen molar-refractivity contribution in [3.8, 4) is 0 Å². The van der Waals surface area contributed by atoms with Crippen molar-refractivity contribution in [3.63, 3.8) is 0 Å². The summed E-state index contributed by atoms with van der Waals surface area (Å²) in [5.41, 5.74) is 6.42. The molecular weight excluding hydrogens is 402 g/mol. The van der Waals surface area contributed by atoms with Gasteiger partial charge < -0.3 is 20.7 Å². The third-order valence-corrected chi connectivity index (χ3v) is 6.38. The van der Waals surface area contributed by atoms with E-state index in [0.717, 1.165) is 5.56 Å². The zero-order chi connectivity index (χ0) is 22.9. The number of hydrogen-bond acceptors (Lipinski definition) is 4. The Morgan fingerprint density at radius 2 is 1.77 bits per heavy atom. The van der Waals surface area contributed by atoms with E-state index in [1.807, 2.05) is 43.0 Å². The molecule has 30 heavy (non-hydrogen) atoms. The highest BCUT2D eigenvalue weighted by Crippen LogP contribution is 2.44. The minimum absolute atomic E-state index is 0.00443. The van der Waals surface area contributed by atoms with Gasteiger partial charge in [0, 0.05) is 35.1 Å². The van der Waals surface area contributed by atoms with Gasteiger partial charge in [-0.15, -0.1) is 0 Å². The van der Waals surface area contributed by atoms with E-state index in [4.69, 9.17) is 22.1 Å². The topological polar surface area (TPSA) is 84.7 Å². The van der Waals surface area contributed by atoms with Crippen molar-refractivity contribution in [2.75, 3.05) is 13.1 Å². The number of benzene rings is 1. The first-order valence-electron chi connectivity index (χ1n) is 10.5. The maximum atomic E-state index is 13.2. The molecule has 1 heterocycles. The monoisotopic (exact) mass is 437 g/mol. The van der Waals surface area contributed by atoms with Crippen LogP contribution in [0, 0.1) is 11.3 Å². The van der Waals surface area contributed by atoms with E-state index >= 15 is 0 Å². The quantitative estimate of drug-likeness (QED) is 0.735. The minimum Gasteiger partial charge on any atom is -0.444 e. The Balaban J connectivity index is 2.06. The summed E-state index contributed by atoms with van der Waals surface area (Å²) in [6, 6.07) is 7.29. The first-order chi connectivity index (χ1) is 13.7. The standard InChI is InChI=1S/C23H36ClN3O3/c1-15(16(2)26-20(29)30-21(3,4)5)19(28)27-13-12-23(25,22(6,7)14-27)17-8-10-18(24)11-9-17/h8-11,15-16H,12-14,25H2,1-7H3,(H,26,29). The predicted molar refractivity (Wildman–Crippen MR) is 120 cm³/mol. The fraction of sp³-hybridized carbons (Fsp3) is 0.652. The number of nitrogens with two attached hydrogens (primary N) is 1. The van der Waals surface area contributed by atoms with E-state index in [1.54, 1.807) is 20.8 Å². The lowest BCUT2D eigenvalue weighted by Gasteiger charge is -2.52. The van der Waals surface area contributed by atoms with Gasteiger partial charge in [-0.2, -0.15) is 0 Å². The number of piperidine rings is 1. The molecule has 3 atom stereocenters. The highest BCUT2D eigenvalue weighted by Gasteiger charge is 2.48. The first kappa shape index (κ1) is 24.5.